The Kier molecular flexibility index (Phi) is 9.08. The molecule has 2 aromatic carbocycles. The molecule has 1 amide bonds. The number of nitrogens with one attached hydrogen (secondary N) is 1. The van der Waals surface area contributed by atoms with Crippen LogP contribution < -0.4 is 14.4 Å². The fraction of sp³-hybridized carbons (Fsp3) is 0.458. The number of halogens is 2. The largest absolute Gasteiger partial charge is 0.496 e. The number of methoxy groups -OCH3 is 1. The maximum atomic E-state index is 13.3. The molecule has 0 bridgehead atoms. The number of anilines is 1. The first-order chi connectivity index (χ1) is 15.3. The van der Waals surface area contributed by atoms with Crippen LogP contribution in [-0.4, -0.2) is 33.7 Å². The van der Waals surface area contributed by atoms with Crippen LogP contribution in [0.3, 0.4) is 0 Å². The molecule has 0 aromatic heterocycles. The fourth-order valence-corrected chi connectivity index (χ4v) is 5.63. The van der Waals surface area contributed by atoms with Gasteiger partial charge in [-0.3, -0.25) is 9.10 Å². The molecule has 182 valence electrons. The van der Waals surface area contributed by atoms with Gasteiger partial charge in [0.15, 0.2) is 0 Å². The number of rotatable bonds is 9. The number of ether oxygens (including phenoxy) is 1. The third-order valence-electron chi connectivity index (χ3n) is 5.50. The van der Waals surface area contributed by atoms with Gasteiger partial charge in [0, 0.05) is 10.0 Å². The van der Waals surface area contributed by atoms with E-state index in [-0.39, 0.29) is 34.1 Å². The van der Waals surface area contributed by atoms with Crippen LogP contribution in [0.4, 0.5) is 5.69 Å². The zero-order chi connectivity index (χ0) is 25.1. The van der Waals surface area contributed by atoms with Crippen molar-refractivity contribution in [2.24, 2.45) is 0 Å². The number of aryl methyl sites for hydroxylation is 1. The molecule has 0 saturated heterocycles. The van der Waals surface area contributed by atoms with Crippen molar-refractivity contribution in [3.63, 3.8) is 0 Å². The molecule has 2 aromatic rings. The highest BCUT2D eigenvalue weighted by Gasteiger charge is 2.33. The Morgan fingerprint density at radius 2 is 1.64 bits per heavy atom. The molecular weight excluding hydrogens is 483 g/mol. The maximum absolute atomic E-state index is 13.3. The van der Waals surface area contributed by atoms with Crippen molar-refractivity contribution in [3.05, 3.63) is 57.1 Å². The van der Waals surface area contributed by atoms with Crippen LogP contribution in [-0.2, 0) is 14.8 Å². The van der Waals surface area contributed by atoms with Gasteiger partial charge in [0.25, 0.3) is 0 Å². The van der Waals surface area contributed by atoms with E-state index in [9.17, 15) is 13.2 Å². The Hall–Kier alpha value is -1.96. The highest BCUT2D eigenvalue weighted by Crippen LogP contribution is 2.33. The van der Waals surface area contributed by atoms with E-state index in [0.717, 1.165) is 33.0 Å². The van der Waals surface area contributed by atoms with Crippen molar-refractivity contribution in [3.8, 4) is 5.75 Å². The minimum Gasteiger partial charge on any atom is -0.496 e. The van der Waals surface area contributed by atoms with Crippen LogP contribution in [0.15, 0.2) is 30.3 Å². The summed E-state index contributed by atoms with van der Waals surface area (Å²) in [7, 11) is -2.17. The van der Waals surface area contributed by atoms with Gasteiger partial charge < -0.3 is 10.1 Å². The lowest BCUT2D eigenvalue weighted by Gasteiger charge is -2.31. The van der Waals surface area contributed by atoms with Gasteiger partial charge in [-0.1, -0.05) is 44.0 Å². The minimum absolute atomic E-state index is 0.235. The minimum atomic E-state index is -3.80. The van der Waals surface area contributed by atoms with Gasteiger partial charge in [-0.25, -0.2) is 8.42 Å². The molecule has 0 fully saturated rings. The molecule has 1 N–H and O–H groups in total. The average molecular weight is 516 g/mol. The van der Waals surface area contributed by atoms with Gasteiger partial charge in [-0.05, 0) is 73.2 Å². The first-order valence-electron chi connectivity index (χ1n) is 10.7. The summed E-state index contributed by atoms with van der Waals surface area (Å²) in [5.41, 5.74) is 3.20. The normalized spacial score (nSPS) is 13.5. The predicted octanol–water partition coefficient (Wildman–Crippen LogP) is 5.86. The number of carbonyl (C=O) groups excluding carboxylic acids is 1. The zero-order valence-electron chi connectivity index (χ0n) is 20.1. The number of sulfonamides is 1. The molecule has 2 rings (SSSR count). The summed E-state index contributed by atoms with van der Waals surface area (Å²) >= 11 is 12.2. The summed E-state index contributed by atoms with van der Waals surface area (Å²) in [5, 5.41) is 3.56. The van der Waals surface area contributed by atoms with E-state index in [2.05, 4.69) is 19.2 Å². The SMILES string of the molecule is CC[C@@H](C(=O)N[C@H](C)c1cc(C(C)C)c(OC)cc1C)N(c1cc(Cl)cc(Cl)c1)S(C)(=O)=O. The van der Waals surface area contributed by atoms with Gasteiger partial charge in [0.05, 0.1) is 25.1 Å². The molecule has 0 aliphatic rings. The number of nitrogens with zero attached hydrogens (tertiary/aromatic N) is 1. The van der Waals surface area contributed by atoms with E-state index >= 15 is 0 Å². The fourth-order valence-electron chi connectivity index (χ4n) is 3.92. The summed E-state index contributed by atoms with van der Waals surface area (Å²) in [5.74, 6) is 0.629. The molecule has 0 heterocycles. The Labute approximate surface area is 207 Å². The standard InChI is InChI=1S/C24H32Cl2N2O4S/c1-8-22(28(33(7,30)31)19-11-17(25)10-18(26)12-19)24(29)27-16(5)21-13-20(14(2)3)23(32-6)9-15(21)4/h9-14,16,22H,8H2,1-7H3,(H,27,29)/t16-,22+/m1/s1. The molecule has 0 unspecified atom stereocenters. The van der Waals surface area contributed by atoms with Gasteiger partial charge in [-0.2, -0.15) is 0 Å². The van der Waals surface area contributed by atoms with Gasteiger partial charge in [0.1, 0.15) is 11.8 Å². The molecule has 0 spiro atoms. The highest BCUT2D eigenvalue weighted by molar-refractivity contribution is 7.92. The molecule has 9 heteroatoms. The first kappa shape index (κ1) is 27.3. The van der Waals surface area contributed by atoms with Crippen LogP contribution in [0.5, 0.6) is 5.75 Å². The van der Waals surface area contributed by atoms with Crippen molar-refractivity contribution in [2.45, 2.75) is 59.0 Å². The van der Waals surface area contributed by atoms with Crippen molar-refractivity contribution in [1.82, 2.24) is 5.32 Å². The second-order valence-electron chi connectivity index (χ2n) is 8.45. The van der Waals surface area contributed by atoms with E-state index in [1.54, 1.807) is 14.0 Å². The molecule has 2 atom stereocenters. The second-order valence-corrected chi connectivity index (χ2v) is 11.2. The zero-order valence-corrected chi connectivity index (χ0v) is 22.4. The van der Waals surface area contributed by atoms with Gasteiger partial charge in [0.2, 0.25) is 15.9 Å². The molecule has 0 radical (unpaired) electrons. The van der Waals surface area contributed by atoms with E-state index < -0.39 is 22.0 Å². The quantitative estimate of drug-likeness (QED) is 0.454. The number of amides is 1. The second kappa shape index (κ2) is 11.0. The topological polar surface area (TPSA) is 75.7 Å². The van der Waals surface area contributed by atoms with Gasteiger partial charge >= 0.3 is 0 Å². The number of hydrogen-bond donors (Lipinski definition) is 1. The maximum Gasteiger partial charge on any atom is 0.244 e. The number of carbonyl (C=O) groups is 1. The third kappa shape index (κ3) is 6.55. The molecule has 33 heavy (non-hydrogen) atoms. The lowest BCUT2D eigenvalue weighted by Crippen LogP contribution is -2.49. The molecule has 0 saturated carbocycles. The van der Waals surface area contributed by atoms with Crippen LogP contribution in [0.25, 0.3) is 0 Å². The molecular formula is C24H32Cl2N2O4S. The lowest BCUT2D eigenvalue weighted by molar-refractivity contribution is -0.122. The Balaban J connectivity index is 2.42. The summed E-state index contributed by atoms with van der Waals surface area (Å²) in [6.07, 6.45) is 1.32. The highest BCUT2D eigenvalue weighted by atomic mass is 35.5. The molecule has 0 aliphatic heterocycles. The van der Waals surface area contributed by atoms with Crippen LogP contribution >= 0.6 is 23.2 Å². The summed E-state index contributed by atoms with van der Waals surface area (Å²) in [6, 6.07) is 7.15. The Morgan fingerprint density at radius 3 is 2.09 bits per heavy atom. The van der Waals surface area contributed by atoms with E-state index in [1.165, 1.54) is 18.2 Å². The van der Waals surface area contributed by atoms with Crippen molar-refractivity contribution >= 4 is 44.8 Å². The predicted molar refractivity (Wildman–Crippen MR) is 136 cm³/mol. The average Bonchev–Trinajstić information content (AvgIpc) is 2.69. The van der Waals surface area contributed by atoms with E-state index in [1.807, 2.05) is 26.0 Å². The Morgan fingerprint density at radius 1 is 1.06 bits per heavy atom. The molecule has 0 aliphatic carbocycles. The summed E-state index contributed by atoms with van der Waals surface area (Å²) in [6.45, 7) is 9.75. The smallest absolute Gasteiger partial charge is 0.244 e. The van der Waals surface area contributed by atoms with Gasteiger partial charge in [-0.15, -0.1) is 0 Å². The summed E-state index contributed by atoms with van der Waals surface area (Å²) in [4.78, 5) is 13.3. The lowest BCUT2D eigenvalue weighted by atomic mass is 9.93. The first-order valence-corrected chi connectivity index (χ1v) is 13.3. The Bertz CT molecular complexity index is 1100. The summed E-state index contributed by atoms with van der Waals surface area (Å²) < 4.78 is 32.0. The van der Waals surface area contributed by atoms with Crippen LogP contribution in [0, 0.1) is 6.92 Å². The van der Waals surface area contributed by atoms with Crippen molar-refractivity contribution in [1.29, 1.82) is 0 Å². The van der Waals surface area contributed by atoms with Crippen LogP contribution in [0.2, 0.25) is 10.0 Å². The number of benzene rings is 2. The van der Waals surface area contributed by atoms with Crippen LogP contribution in [0.1, 0.15) is 62.8 Å². The monoisotopic (exact) mass is 514 g/mol. The van der Waals surface area contributed by atoms with Crippen molar-refractivity contribution < 1.29 is 17.9 Å². The third-order valence-corrected chi connectivity index (χ3v) is 7.11. The number of hydrogen-bond acceptors (Lipinski definition) is 4. The van der Waals surface area contributed by atoms with Crippen molar-refractivity contribution in [2.75, 3.05) is 17.7 Å². The van der Waals surface area contributed by atoms with E-state index in [0.29, 0.717) is 0 Å². The van der Waals surface area contributed by atoms with E-state index in [4.69, 9.17) is 27.9 Å². The molecule has 6 nitrogen and oxygen atoms in total.